The van der Waals surface area contributed by atoms with E-state index in [-0.39, 0.29) is 24.6 Å². The maximum atomic E-state index is 11.8. The Kier molecular flexibility index (Phi) is 7.83. The monoisotopic (exact) mass is 292 g/mol. The summed E-state index contributed by atoms with van der Waals surface area (Å²) in [5.41, 5.74) is 7.05. The zero-order valence-electron chi connectivity index (χ0n) is 13.4. The molecule has 0 bridgehead atoms. The molecule has 0 aliphatic carbocycles. The van der Waals surface area contributed by atoms with Crippen LogP contribution in [0.4, 0.5) is 0 Å². The maximum absolute atomic E-state index is 11.8. The van der Waals surface area contributed by atoms with Gasteiger partial charge in [-0.3, -0.25) is 4.79 Å². The van der Waals surface area contributed by atoms with Gasteiger partial charge in [0, 0.05) is 12.1 Å². The van der Waals surface area contributed by atoms with Gasteiger partial charge < -0.3 is 15.8 Å². The van der Waals surface area contributed by atoms with Crippen LogP contribution < -0.4 is 15.8 Å². The molecule has 0 radical (unpaired) electrons. The zero-order chi connectivity index (χ0) is 15.7. The number of rotatable bonds is 9. The van der Waals surface area contributed by atoms with Crippen molar-refractivity contribution in [3.05, 3.63) is 29.8 Å². The number of carbonyl (C=O) groups excluding carboxylic acids is 1. The van der Waals surface area contributed by atoms with Gasteiger partial charge in [-0.25, -0.2) is 0 Å². The van der Waals surface area contributed by atoms with E-state index >= 15 is 0 Å². The number of para-hydroxylation sites is 1. The molecule has 4 heteroatoms. The van der Waals surface area contributed by atoms with Gasteiger partial charge in [-0.1, -0.05) is 38.5 Å². The fraction of sp³-hybridized carbons (Fsp3) is 0.588. The summed E-state index contributed by atoms with van der Waals surface area (Å²) in [6, 6.07) is 8.08. The Bertz CT molecular complexity index is 435. The summed E-state index contributed by atoms with van der Waals surface area (Å²) in [6.07, 6.45) is 3.72. The Labute approximate surface area is 128 Å². The number of hydrogen-bond donors (Lipinski definition) is 2. The number of benzene rings is 1. The Balaban J connectivity index is 2.53. The number of carbonyl (C=O) groups is 1. The highest BCUT2D eigenvalue weighted by molar-refractivity contribution is 5.77. The highest BCUT2D eigenvalue weighted by atomic mass is 16.5. The molecule has 1 rings (SSSR count). The first-order valence-corrected chi connectivity index (χ1v) is 7.82. The summed E-state index contributed by atoms with van der Waals surface area (Å²) < 4.78 is 5.66. The molecule has 0 saturated carbocycles. The minimum Gasteiger partial charge on any atom is -0.483 e. The molecule has 2 unspecified atom stereocenters. The van der Waals surface area contributed by atoms with E-state index < -0.39 is 0 Å². The van der Waals surface area contributed by atoms with Gasteiger partial charge in [0.05, 0.1) is 0 Å². The Hall–Kier alpha value is -1.55. The van der Waals surface area contributed by atoms with Crippen LogP contribution in [0.3, 0.4) is 0 Å². The number of nitrogens with one attached hydrogen (secondary N) is 1. The van der Waals surface area contributed by atoms with Gasteiger partial charge in [0.1, 0.15) is 5.75 Å². The van der Waals surface area contributed by atoms with Crippen molar-refractivity contribution in [3.63, 3.8) is 0 Å². The first-order valence-electron chi connectivity index (χ1n) is 7.82. The molecule has 0 saturated heterocycles. The van der Waals surface area contributed by atoms with E-state index in [1.54, 1.807) is 0 Å². The number of ether oxygens (including phenoxy) is 1. The molecule has 1 amide bonds. The van der Waals surface area contributed by atoms with Gasteiger partial charge in [-0.05, 0) is 37.8 Å². The topological polar surface area (TPSA) is 64.3 Å². The second kappa shape index (κ2) is 9.40. The van der Waals surface area contributed by atoms with E-state index in [2.05, 4.69) is 19.2 Å². The molecular weight excluding hydrogens is 264 g/mol. The lowest BCUT2D eigenvalue weighted by atomic mass is 10.0. The average Bonchev–Trinajstić information content (AvgIpc) is 2.46. The van der Waals surface area contributed by atoms with Crippen LogP contribution in [-0.4, -0.2) is 24.6 Å². The van der Waals surface area contributed by atoms with Crippen molar-refractivity contribution in [1.82, 2.24) is 5.32 Å². The van der Waals surface area contributed by atoms with Gasteiger partial charge in [0.2, 0.25) is 0 Å². The summed E-state index contributed by atoms with van der Waals surface area (Å²) in [5, 5.41) is 2.93. The second-order valence-corrected chi connectivity index (χ2v) is 5.53. The highest BCUT2D eigenvalue weighted by Gasteiger charge is 2.10. The third-order valence-corrected chi connectivity index (χ3v) is 3.47. The lowest BCUT2D eigenvalue weighted by Crippen LogP contribution is -2.36. The highest BCUT2D eigenvalue weighted by Crippen LogP contribution is 2.19. The first kappa shape index (κ1) is 17.5. The smallest absolute Gasteiger partial charge is 0.258 e. The molecule has 0 fully saturated rings. The summed E-state index contributed by atoms with van der Waals surface area (Å²) >= 11 is 0. The molecule has 0 aliphatic rings. The maximum Gasteiger partial charge on any atom is 0.258 e. The normalized spacial score (nSPS) is 13.5. The molecule has 2 atom stereocenters. The van der Waals surface area contributed by atoms with Crippen LogP contribution in [0, 0.1) is 0 Å². The van der Waals surface area contributed by atoms with Crippen LogP contribution in [0.5, 0.6) is 5.75 Å². The van der Waals surface area contributed by atoms with Crippen LogP contribution in [0.25, 0.3) is 0 Å². The third-order valence-electron chi connectivity index (χ3n) is 3.47. The first-order chi connectivity index (χ1) is 10.1. The fourth-order valence-electron chi connectivity index (χ4n) is 2.21. The molecule has 4 nitrogen and oxygen atoms in total. The predicted octanol–water partition coefficient (Wildman–Crippen LogP) is 2.65. The number of nitrogens with two attached hydrogens (primary N) is 1. The number of hydrogen-bond acceptors (Lipinski definition) is 3. The zero-order valence-corrected chi connectivity index (χ0v) is 13.4. The Morgan fingerprint density at radius 3 is 2.71 bits per heavy atom. The van der Waals surface area contributed by atoms with Gasteiger partial charge in [0.25, 0.3) is 5.91 Å². The average molecular weight is 292 g/mol. The van der Waals surface area contributed by atoms with Crippen molar-refractivity contribution in [2.75, 3.05) is 6.61 Å². The van der Waals surface area contributed by atoms with Crippen molar-refractivity contribution >= 4 is 5.91 Å². The molecule has 1 aromatic rings. The van der Waals surface area contributed by atoms with E-state index in [1.165, 1.54) is 0 Å². The summed E-state index contributed by atoms with van der Waals surface area (Å²) in [6.45, 7) is 6.23. The predicted molar refractivity (Wildman–Crippen MR) is 86.4 cm³/mol. The van der Waals surface area contributed by atoms with Crippen LogP contribution >= 0.6 is 0 Å². The molecule has 21 heavy (non-hydrogen) atoms. The Morgan fingerprint density at radius 1 is 1.33 bits per heavy atom. The number of amides is 1. The SMILES string of the molecule is CCCC(C)NC(=O)COc1ccccc1CC(N)CC. The molecule has 0 aromatic heterocycles. The lowest BCUT2D eigenvalue weighted by molar-refractivity contribution is -0.123. The van der Waals surface area contributed by atoms with E-state index in [4.69, 9.17) is 10.5 Å². The van der Waals surface area contributed by atoms with Gasteiger partial charge in [0.15, 0.2) is 6.61 Å². The van der Waals surface area contributed by atoms with Crippen LogP contribution in [0.1, 0.15) is 45.6 Å². The Morgan fingerprint density at radius 2 is 2.05 bits per heavy atom. The fourth-order valence-corrected chi connectivity index (χ4v) is 2.21. The van der Waals surface area contributed by atoms with Crippen LogP contribution in [0.15, 0.2) is 24.3 Å². The molecule has 0 aliphatic heterocycles. The van der Waals surface area contributed by atoms with Crippen molar-refractivity contribution in [2.45, 2.75) is 58.5 Å². The molecule has 1 aromatic carbocycles. The largest absolute Gasteiger partial charge is 0.483 e. The molecular formula is C17H28N2O2. The van der Waals surface area contributed by atoms with E-state index in [9.17, 15) is 4.79 Å². The van der Waals surface area contributed by atoms with Crippen molar-refractivity contribution in [1.29, 1.82) is 0 Å². The minimum absolute atomic E-state index is 0.0480. The molecule has 3 N–H and O–H groups in total. The summed E-state index contributed by atoms with van der Waals surface area (Å²) in [7, 11) is 0. The van der Waals surface area contributed by atoms with E-state index in [1.807, 2.05) is 31.2 Å². The minimum atomic E-state index is -0.0782. The van der Waals surface area contributed by atoms with Gasteiger partial charge >= 0.3 is 0 Å². The molecule has 118 valence electrons. The quantitative estimate of drug-likeness (QED) is 0.735. The summed E-state index contributed by atoms with van der Waals surface area (Å²) in [4.78, 5) is 11.8. The van der Waals surface area contributed by atoms with Crippen LogP contribution in [-0.2, 0) is 11.2 Å². The second-order valence-electron chi connectivity index (χ2n) is 5.53. The van der Waals surface area contributed by atoms with Crippen LogP contribution in [0.2, 0.25) is 0 Å². The van der Waals surface area contributed by atoms with Crippen molar-refractivity contribution in [3.8, 4) is 5.75 Å². The van der Waals surface area contributed by atoms with Crippen molar-refractivity contribution < 1.29 is 9.53 Å². The van der Waals surface area contributed by atoms with E-state index in [0.29, 0.717) is 0 Å². The van der Waals surface area contributed by atoms with Gasteiger partial charge in [-0.2, -0.15) is 0 Å². The third kappa shape index (κ3) is 6.63. The van der Waals surface area contributed by atoms with Gasteiger partial charge in [-0.15, -0.1) is 0 Å². The lowest BCUT2D eigenvalue weighted by Gasteiger charge is -2.16. The van der Waals surface area contributed by atoms with Crippen molar-refractivity contribution in [2.24, 2.45) is 5.73 Å². The standard InChI is InChI=1S/C17H28N2O2/c1-4-8-13(3)19-17(20)12-21-16-10-7-6-9-14(16)11-15(18)5-2/h6-7,9-10,13,15H,4-5,8,11-12,18H2,1-3H3,(H,19,20). The molecule has 0 spiro atoms. The molecule has 0 heterocycles. The summed E-state index contributed by atoms with van der Waals surface area (Å²) in [5.74, 6) is 0.672. The van der Waals surface area contributed by atoms with E-state index in [0.717, 1.165) is 37.0 Å².